The zero-order valence-corrected chi connectivity index (χ0v) is 14.3. The van der Waals surface area contributed by atoms with Crippen molar-refractivity contribution in [3.8, 4) is 6.07 Å². The molecule has 0 radical (unpaired) electrons. The minimum absolute atomic E-state index is 0.0497. The molecule has 2 aromatic rings. The van der Waals surface area contributed by atoms with Crippen LogP contribution in [0.2, 0.25) is 0 Å². The number of hydrogen-bond donors (Lipinski definition) is 1. The highest BCUT2D eigenvalue weighted by atomic mass is 16.1. The van der Waals surface area contributed by atoms with Gasteiger partial charge in [0.05, 0.1) is 12.5 Å². The van der Waals surface area contributed by atoms with E-state index >= 15 is 0 Å². The van der Waals surface area contributed by atoms with Crippen LogP contribution >= 0.6 is 0 Å². The largest absolute Gasteiger partial charge is 0.348 e. The van der Waals surface area contributed by atoms with Crippen LogP contribution in [-0.4, -0.2) is 29.9 Å². The number of hydrogen-bond acceptors (Lipinski definition) is 3. The number of nitrogens with one attached hydrogen (secondary N) is 1. The molecule has 1 aliphatic rings. The zero-order chi connectivity index (χ0) is 17.5. The van der Waals surface area contributed by atoms with Gasteiger partial charge in [-0.3, -0.25) is 9.69 Å². The Kier molecular flexibility index (Phi) is 5.81. The van der Waals surface area contributed by atoms with Crippen LogP contribution in [0.4, 0.5) is 0 Å². The number of carbonyl (C=O) groups is 1. The monoisotopic (exact) mass is 333 g/mol. The van der Waals surface area contributed by atoms with Crippen molar-refractivity contribution < 1.29 is 4.79 Å². The predicted molar refractivity (Wildman–Crippen MR) is 98.0 cm³/mol. The molecule has 0 saturated carbocycles. The first kappa shape index (κ1) is 17.2. The van der Waals surface area contributed by atoms with Gasteiger partial charge in [-0.25, -0.2) is 0 Å². The Hall–Kier alpha value is -2.64. The molecule has 1 atom stereocenters. The second kappa shape index (κ2) is 8.46. The third-order valence-electron chi connectivity index (χ3n) is 4.56. The van der Waals surface area contributed by atoms with Crippen molar-refractivity contribution in [1.29, 1.82) is 5.26 Å². The molecule has 0 spiro atoms. The van der Waals surface area contributed by atoms with E-state index in [1.807, 2.05) is 24.3 Å². The summed E-state index contributed by atoms with van der Waals surface area (Å²) in [6, 6.07) is 20.1. The number of benzene rings is 2. The highest BCUT2D eigenvalue weighted by molar-refractivity contribution is 5.94. The van der Waals surface area contributed by atoms with E-state index in [9.17, 15) is 4.79 Å². The molecular weight excluding hydrogens is 310 g/mol. The fraction of sp³-hybridized carbons (Fsp3) is 0.333. The second-order valence-electron chi connectivity index (χ2n) is 6.57. The average molecular weight is 333 g/mol. The van der Waals surface area contributed by atoms with Crippen LogP contribution in [0.5, 0.6) is 0 Å². The summed E-state index contributed by atoms with van der Waals surface area (Å²) in [4.78, 5) is 14.9. The van der Waals surface area contributed by atoms with Gasteiger partial charge in [-0.05, 0) is 42.6 Å². The summed E-state index contributed by atoms with van der Waals surface area (Å²) in [5.41, 5.74) is 2.82. The smallest absolute Gasteiger partial charge is 0.251 e. The van der Waals surface area contributed by atoms with Crippen LogP contribution in [-0.2, 0) is 13.0 Å². The minimum Gasteiger partial charge on any atom is -0.348 e. The third kappa shape index (κ3) is 4.91. The molecule has 0 bridgehead atoms. The highest BCUT2D eigenvalue weighted by Crippen LogP contribution is 2.15. The lowest BCUT2D eigenvalue weighted by Crippen LogP contribution is -2.47. The van der Waals surface area contributed by atoms with E-state index in [1.165, 1.54) is 5.56 Å². The summed E-state index contributed by atoms with van der Waals surface area (Å²) in [5, 5.41) is 12.0. The zero-order valence-electron chi connectivity index (χ0n) is 14.3. The molecule has 0 aliphatic carbocycles. The predicted octanol–water partition coefficient (Wildman–Crippen LogP) is 3.15. The number of piperidine rings is 1. The molecule has 1 amide bonds. The molecule has 1 fully saturated rings. The molecule has 25 heavy (non-hydrogen) atoms. The lowest BCUT2D eigenvalue weighted by atomic mass is 10.0. The average Bonchev–Trinajstić information content (AvgIpc) is 2.63. The Morgan fingerprint density at radius 2 is 1.96 bits per heavy atom. The van der Waals surface area contributed by atoms with Crippen molar-refractivity contribution in [1.82, 2.24) is 10.2 Å². The normalized spacial score (nSPS) is 17.6. The van der Waals surface area contributed by atoms with Crippen LogP contribution < -0.4 is 5.32 Å². The van der Waals surface area contributed by atoms with Gasteiger partial charge in [-0.2, -0.15) is 5.26 Å². The number of amides is 1. The lowest BCUT2D eigenvalue weighted by molar-refractivity contribution is 0.0900. The van der Waals surface area contributed by atoms with E-state index in [0.717, 1.165) is 38.0 Å². The summed E-state index contributed by atoms with van der Waals surface area (Å²) >= 11 is 0. The first-order valence-corrected chi connectivity index (χ1v) is 8.77. The molecule has 1 aliphatic heterocycles. The molecule has 0 aromatic heterocycles. The van der Waals surface area contributed by atoms with Crippen molar-refractivity contribution in [2.45, 2.75) is 31.8 Å². The van der Waals surface area contributed by atoms with Gasteiger partial charge in [0.25, 0.3) is 5.91 Å². The Morgan fingerprint density at radius 1 is 1.16 bits per heavy atom. The maximum atomic E-state index is 12.5. The first-order chi connectivity index (χ1) is 12.2. The van der Waals surface area contributed by atoms with Crippen molar-refractivity contribution in [2.75, 3.05) is 13.1 Å². The van der Waals surface area contributed by atoms with Gasteiger partial charge in [-0.1, -0.05) is 42.5 Å². The van der Waals surface area contributed by atoms with Gasteiger partial charge in [0.15, 0.2) is 0 Å². The quantitative estimate of drug-likeness (QED) is 0.914. The van der Waals surface area contributed by atoms with Gasteiger partial charge < -0.3 is 5.32 Å². The molecule has 2 aromatic carbocycles. The van der Waals surface area contributed by atoms with Crippen molar-refractivity contribution in [3.63, 3.8) is 0 Å². The summed E-state index contributed by atoms with van der Waals surface area (Å²) in [6.07, 6.45) is 2.43. The molecule has 3 rings (SSSR count). The van der Waals surface area contributed by atoms with Crippen LogP contribution in [0.1, 0.15) is 34.3 Å². The van der Waals surface area contributed by atoms with E-state index < -0.39 is 0 Å². The molecule has 1 heterocycles. The van der Waals surface area contributed by atoms with E-state index in [1.54, 1.807) is 6.07 Å². The van der Waals surface area contributed by atoms with E-state index in [2.05, 4.69) is 40.6 Å². The second-order valence-corrected chi connectivity index (χ2v) is 6.57. The molecule has 1 saturated heterocycles. The van der Waals surface area contributed by atoms with Crippen LogP contribution in [0, 0.1) is 11.3 Å². The highest BCUT2D eigenvalue weighted by Gasteiger charge is 2.22. The molecule has 4 heteroatoms. The fourth-order valence-electron chi connectivity index (χ4n) is 3.34. The third-order valence-corrected chi connectivity index (χ3v) is 4.56. The molecule has 1 unspecified atom stereocenters. The van der Waals surface area contributed by atoms with Gasteiger partial charge in [0, 0.05) is 24.7 Å². The minimum atomic E-state index is -0.0497. The van der Waals surface area contributed by atoms with Gasteiger partial charge in [0.1, 0.15) is 0 Å². The maximum Gasteiger partial charge on any atom is 0.251 e. The number of carbonyl (C=O) groups excluding carboxylic acids is 1. The van der Waals surface area contributed by atoms with Crippen molar-refractivity contribution >= 4 is 5.91 Å². The Labute approximate surface area is 149 Å². The Morgan fingerprint density at radius 3 is 2.76 bits per heavy atom. The van der Waals surface area contributed by atoms with Gasteiger partial charge in [0.2, 0.25) is 0 Å². The summed E-state index contributed by atoms with van der Waals surface area (Å²) < 4.78 is 0. The molecule has 128 valence electrons. The standard InChI is InChI=1S/C21H23N3O/c22-12-11-17-8-4-9-19(14-17)21(25)23-20-10-5-13-24(16-20)15-18-6-2-1-3-7-18/h1-4,6-9,14,20H,5,10-11,13,15-16H2,(H,23,25). The number of likely N-dealkylation sites (tertiary alicyclic amines) is 1. The van der Waals surface area contributed by atoms with E-state index in [-0.39, 0.29) is 11.9 Å². The van der Waals surface area contributed by atoms with Crippen LogP contribution in [0.3, 0.4) is 0 Å². The SMILES string of the molecule is N#CCc1cccc(C(=O)NC2CCCN(Cc3ccccc3)C2)c1. The molecular formula is C21H23N3O. The van der Waals surface area contributed by atoms with Gasteiger partial charge >= 0.3 is 0 Å². The van der Waals surface area contributed by atoms with Crippen LogP contribution in [0.15, 0.2) is 54.6 Å². The summed E-state index contributed by atoms with van der Waals surface area (Å²) in [5.74, 6) is -0.0497. The molecule has 4 nitrogen and oxygen atoms in total. The van der Waals surface area contributed by atoms with Crippen molar-refractivity contribution in [3.05, 3.63) is 71.3 Å². The summed E-state index contributed by atoms with van der Waals surface area (Å²) in [6.45, 7) is 2.86. The Balaban J connectivity index is 1.58. The van der Waals surface area contributed by atoms with Crippen molar-refractivity contribution in [2.24, 2.45) is 0 Å². The topological polar surface area (TPSA) is 56.1 Å². The van der Waals surface area contributed by atoms with Gasteiger partial charge in [-0.15, -0.1) is 0 Å². The molecule has 1 N–H and O–H groups in total. The number of nitriles is 1. The van der Waals surface area contributed by atoms with E-state index in [0.29, 0.717) is 12.0 Å². The van der Waals surface area contributed by atoms with E-state index in [4.69, 9.17) is 5.26 Å². The number of nitrogens with zero attached hydrogens (tertiary/aromatic N) is 2. The first-order valence-electron chi connectivity index (χ1n) is 8.77. The number of rotatable bonds is 5. The fourth-order valence-corrected chi connectivity index (χ4v) is 3.34. The Bertz CT molecular complexity index is 751. The lowest BCUT2D eigenvalue weighted by Gasteiger charge is -2.33. The van der Waals surface area contributed by atoms with Crippen LogP contribution in [0.25, 0.3) is 0 Å². The maximum absolute atomic E-state index is 12.5. The summed E-state index contributed by atoms with van der Waals surface area (Å²) in [7, 11) is 0.